The number of alkyl halides is 3. The van der Waals surface area contributed by atoms with E-state index in [0.29, 0.717) is 32.6 Å². The molecule has 1 aromatic heterocycles. The number of piperazine rings is 1. The Kier molecular flexibility index (Phi) is 6.18. The molecule has 0 saturated carbocycles. The van der Waals surface area contributed by atoms with Gasteiger partial charge in [-0.1, -0.05) is 30.3 Å². The summed E-state index contributed by atoms with van der Waals surface area (Å²) in [6.45, 7) is 1.86. The van der Waals surface area contributed by atoms with Gasteiger partial charge in [-0.15, -0.1) is 0 Å². The predicted molar refractivity (Wildman–Crippen MR) is 115 cm³/mol. The van der Waals surface area contributed by atoms with Crippen LogP contribution in [-0.4, -0.2) is 59.3 Å². The number of aromatic amines is 1. The molecule has 9 heteroatoms. The molecule has 4 rings (SSSR count). The zero-order chi connectivity index (χ0) is 22.7. The van der Waals surface area contributed by atoms with Crippen LogP contribution in [0.4, 0.5) is 18.9 Å². The van der Waals surface area contributed by atoms with Crippen LogP contribution in [0.5, 0.6) is 0 Å². The number of fused-ring (bicyclic) bond motifs is 1. The Morgan fingerprint density at radius 3 is 2.41 bits per heavy atom. The molecule has 1 aliphatic heterocycles. The molecule has 1 saturated heterocycles. The first-order valence-electron chi connectivity index (χ1n) is 10.3. The van der Waals surface area contributed by atoms with E-state index in [1.165, 1.54) is 18.2 Å². The van der Waals surface area contributed by atoms with Crippen LogP contribution in [0.15, 0.2) is 54.7 Å². The molecule has 2 aromatic carbocycles. The summed E-state index contributed by atoms with van der Waals surface area (Å²) < 4.78 is 39.3. The molecule has 2 N–H and O–H groups in total. The number of H-pyrrole nitrogens is 1. The number of carbonyl (C=O) groups excluding carboxylic acids is 2. The fourth-order valence-electron chi connectivity index (χ4n) is 3.94. The number of nitrogens with zero attached hydrogens (tertiary/aromatic N) is 2. The van der Waals surface area contributed by atoms with Gasteiger partial charge in [0, 0.05) is 43.3 Å². The van der Waals surface area contributed by atoms with Crippen molar-refractivity contribution in [3.05, 3.63) is 65.9 Å². The SMILES string of the molecule is O=C(CN1CCN(C(=O)Cc2c[nH]c3ccccc23)CC1)Nc1ccccc1C(F)(F)F. The third kappa shape index (κ3) is 4.94. The van der Waals surface area contributed by atoms with Gasteiger partial charge in [0.25, 0.3) is 0 Å². The van der Waals surface area contributed by atoms with E-state index in [9.17, 15) is 22.8 Å². The molecule has 0 radical (unpaired) electrons. The molecule has 0 spiro atoms. The fraction of sp³-hybridized carbons (Fsp3) is 0.304. The lowest BCUT2D eigenvalue weighted by Crippen LogP contribution is -2.50. The second kappa shape index (κ2) is 9.04. The highest BCUT2D eigenvalue weighted by atomic mass is 19.4. The van der Waals surface area contributed by atoms with Gasteiger partial charge < -0.3 is 15.2 Å². The van der Waals surface area contributed by atoms with Crippen LogP contribution in [0.25, 0.3) is 10.9 Å². The molecule has 2 amide bonds. The van der Waals surface area contributed by atoms with Crippen LogP contribution in [-0.2, 0) is 22.2 Å². The number of benzene rings is 2. The number of rotatable bonds is 5. The highest BCUT2D eigenvalue weighted by Crippen LogP contribution is 2.34. The Morgan fingerprint density at radius 2 is 1.66 bits per heavy atom. The maximum atomic E-state index is 13.1. The highest BCUT2D eigenvalue weighted by molar-refractivity contribution is 5.93. The van der Waals surface area contributed by atoms with E-state index < -0.39 is 17.6 Å². The molecule has 1 aliphatic rings. The molecular formula is C23H23F3N4O2. The summed E-state index contributed by atoms with van der Waals surface area (Å²) in [6, 6.07) is 12.7. The molecule has 0 unspecified atom stereocenters. The Bertz CT molecular complexity index is 1120. The number of hydrogen-bond donors (Lipinski definition) is 2. The first-order chi connectivity index (χ1) is 15.3. The van der Waals surface area contributed by atoms with Crippen molar-refractivity contribution in [1.82, 2.24) is 14.8 Å². The van der Waals surface area contributed by atoms with Crippen molar-refractivity contribution in [2.24, 2.45) is 0 Å². The zero-order valence-corrected chi connectivity index (χ0v) is 17.3. The molecule has 0 aliphatic carbocycles. The number of carbonyl (C=O) groups is 2. The Morgan fingerprint density at radius 1 is 0.969 bits per heavy atom. The van der Waals surface area contributed by atoms with E-state index in [2.05, 4.69) is 10.3 Å². The topological polar surface area (TPSA) is 68.4 Å². The van der Waals surface area contributed by atoms with Crippen LogP contribution < -0.4 is 5.32 Å². The lowest BCUT2D eigenvalue weighted by molar-refractivity contribution is -0.137. The number of aromatic nitrogens is 1. The summed E-state index contributed by atoms with van der Waals surface area (Å²) in [5.74, 6) is -0.502. The summed E-state index contributed by atoms with van der Waals surface area (Å²) in [5.41, 5.74) is 0.799. The van der Waals surface area contributed by atoms with Crippen molar-refractivity contribution in [3.8, 4) is 0 Å². The van der Waals surface area contributed by atoms with Crippen LogP contribution in [0.3, 0.4) is 0 Å². The summed E-state index contributed by atoms with van der Waals surface area (Å²) in [5, 5.41) is 3.38. The summed E-state index contributed by atoms with van der Waals surface area (Å²) >= 11 is 0. The van der Waals surface area contributed by atoms with Gasteiger partial charge in [0.05, 0.1) is 24.2 Å². The minimum absolute atomic E-state index is 0.0120. The van der Waals surface area contributed by atoms with Crippen molar-refractivity contribution in [2.75, 3.05) is 38.0 Å². The van der Waals surface area contributed by atoms with Crippen molar-refractivity contribution in [2.45, 2.75) is 12.6 Å². The van der Waals surface area contributed by atoms with E-state index in [0.717, 1.165) is 22.5 Å². The van der Waals surface area contributed by atoms with Gasteiger partial charge in [0.1, 0.15) is 0 Å². The molecule has 0 atom stereocenters. The largest absolute Gasteiger partial charge is 0.418 e. The number of hydrogen-bond acceptors (Lipinski definition) is 3. The van der Waals surface area contributed by atoms with Crippen molar-refractivity contribution in [3.63, 3.8) is 0 Å². The van der Waals surface area contributed by atoms with Crippen molar-refractivity contribution < 1.29 is 22.8 Å². The monoisotopic (exact) mass is 444 g/mol. The Labute approximate surface area is 183 Å². The second-order valence-electron chi connectivity index (χ2n) is 7.78. The lowest BCUT2D eigenvalue weighted by Gasteiger charge is -2.34. The van der Waals surface area contributed by atoms with Gasteiger partial charge >= 0.3 is 6.18 Å². The van der Waals surface area contributed by atoms with E-state index in [1.807, 2.05) is 35.4 Å². The first-order valence-corrected chi connectivity index (χ1v) is 10.3. The van der Waals surface area contributed by atoms with Crippen LogP contribution in [0.1, 0.15) is 11.1 Å². The average molecular weight is 444 g/mol. The smallest absolute Gasteiger partial charge is 0.361 e. The van der Waals surface area contributed by atoms with Gasteiger partial charge in [-0.25, -0.2) is 0 Å². The first kappa shape index (κ1) is 21.9. The second-order valence-corrected chi connectivity index (χ2v) is 7.78. The van der Waals surface area contributed by atoms with E-state index in [4.69, 9.17) is 0 Å². The third-order valence-electron chi connectivity index (χ3n) is 5.62. The van der Waals surface area contributed by atoms with Crippen molar-refractivity contribution in [1.29, 1.82) is 0 Å². The molecule has 1 fully saturated rings. The van der Waals surface area contributed by atoms with Crippen LogP contribution in [0, 0.1) is 0 Å². The maximum absolute atomic E-state index is 13.1. The average Bonchev–Trinajstić information content (AvgIpc) is 3.16. The number of amides is 2. The molecular weight excluding hydrogens is 421 g/mol. The molecule has 2 heterocycles. The molecule has 32 heavy (non-hydrogen) atoms. The number of halogens is 3. The number of anilines is 1. The quantitative estimate of drug-likeness (QED) is 0.633. The summed E-state index contributed by atoms with van der Waals surface area (Å²) in [7, 11) is 0. The number of para-hydroxylation sites is 2. The van der Waals surface area contributed by atoms with Gasteiger partial charge in [0.15, 0.2) is 0 Å². The van der Waals surface area contributed by atoms with Gasteiger partial charge in [0.2, 0.25) is 11.8 Å². The highest BCUT2D eigenvalue weighted by Gasteiger charge is 2.33. The minimum atomic E-state index is -4.54. The minimum Gasteiger partial charge on any atom is -0.361 e. The van der Waals surface area contributed by atoms with Crippen LogP contribution in [0.2, 0.25) is 0 Å². The maximum Gasteiger partial charge on any atom is 0.418 e. The third-order valence-corrected chi connectivity index (χ3v) is 5.62. The Hall–Kier alpha value is -3.33. The summed E-state index contributed by atoms with van der Waals surface area (Å²) in [4.78, 5) is 31.8. The van der Waals surface area contributed by atoms with Crippen LogP contribution >= 0.6 is 0 Å². The van der Waals surface area contributed by atoms with Crippen molar-refractivity contribution >= 4 is 28.4 Å². The molecule has 6 nitrogen and oxygen atoms in total. The van der Waals surface area contributed by atoms with Gasteiger partial charge in [-0.3, -0.25) is 14.5 Å². The van der Waals surface area contributed by atoms with Gasteiger partial charge in [-0.05, 0) is 23.8 Å². The molecule has 3 aromatic rings. The van der Waals surface area contributed by atoms with E-state index in [-0.39, 0.29) is 18.1 Å². The predicted octanol–water partition coefficient (Wildman–Crippen LogP) is 3.51. The van der Waals surface area contributed by atoms with E-state index in [1.54, 1.807) is 4.90 Å². The lowest BCUT2D eigenvalue weighted by atomic mass is 10.1. The Balaban J connectivity index is 1.29. The fourth-order valence-corrected chi connectivity index (χ4v) is 3.94. The normalized spacial score (nSPS) is 15.2. The molecule has 168 valence electrons. The zero-order valence-electron chi connectivity index (χ0n) is 17.3. The molecule has 0 bridgehead atoms. The summed E-state index contributed by atoms with van der Waals surface area (Å²) in [6.07, 6.45) is -2.40. The standard InChI is InChI=1S/C23H23F3N4O2/c24-23(25,26)18-6-2-4-8-20(18)28-21(31)15-29-9-11-30(12-10-29)22(32)13-16-14-27-19-7-3-1-5-17(16)19/h1-8,14,27H,9-13,15H2,(H,28,31). The number of nitrogens with one attached hydrogen (secondary N) is 2. The van der Waals surface area contributed by atoms with Gasteiger partial charge in [-0.2, -0.15) is 13.2 Å². The van der Waals surface area contributed by atoms with E-state index >= 15 is 0 Å².